The van der Waals surface area contributed by atoms with Gasteiger partial charge in [-0.15, -0.1) is 0 Å². The van der Waals surface area contributed by atoms with Crippen LogP contribution in [0, 0.1) is 0 Å². The number of ether oxygens (including phenoxy) is 4. The molecule has 0 N–H and O–H groups in total. The predicted molar refractivity (Wildman–Crippen MR) is 109 cm³/mol. The molecule has 0 heterocycles. The van der Waals surface area contributed by atoms with Crippen molar-refractivity contribution < 1.29 is 18.9 Å². The van der Waals surface area contributed by atoms with Gasteiger partial charge in [0, 0.05) is 19.6 Å². The van der Waals surface area contributed by atoms with E-state index in [0.29, 0.717) is 6.79 Å². The van der Waals surface area contributed by atoms with E-state index >= 15 is 0 Å². The molecule has 0 bridgehead atoms. The van der Waals surface area contributed by atoms with Crippen LogP contribution in [0.3, 0.4) is 0 Å². The Kier molecular flexibility index (Phi) is 22.0. The highest BCUT2D eigenvalue weighted by Gasteiger charge is 2.07. The van der Waals surface area contributed by atoms with Crippen LogP contribution >= 0.6 is 0 Å². The molecule has 26 heavy (non-hydrogen) atoms. The van der Waals surface area contributed by atoms with E-state index in [1.165, 1.54) is 44.9 Å². The summed E-state index contributed by atoms with van der Waals surface area (Å²) in [5.74, 6) is 0. The highest BCUT2D eigenvalue weighted by atomic mass is 16.7. The number of unbranched alkanes of at least 4 members (excludes halogenated alkanes) is 7. The van der Waals surface area contributed by atoms with Gasteiger partial charge in [0.1, 0.15) is 0 Å². The summed E-state index contributed by atoms with van der Waals surface area (Å²) < 4.78 is 22.2. The standard InChI is InChI=1S/C22H44O4/c1-4-7-8-9-10-11-12-14-19-23-21-24-20-15-13-16-22(25-17-5-2)26-18-6-3/h15,20,22H,4-14,16-19,21H2,1-3H3. The van der Waals surface area contributed by atoms with Crippen LogP contribution in [0.4, 0.5) is 0 Å². The van der Waals surface area contributed by atoms with Gasteiger partial charge in [-0.3, -0.25) is 0 Å². The second-order valence-corrected chi connectivity index (χ2v) is 6.79. The molecule has 0 radical (unpaired) electrons. The van der Waals surface area contributed by atoms with Crippen molar-refractivity contribution in [2.24, 2.45) is 0 Å². The van der Waals surface area contributed by atoms with E-state index < -0.39 is 0 Å². The summed E-state index contributed by atoms with van der Waals surface area (Å²) in [4.78, 5) is 0. The van der Waals surface area contributed by atoms with Crippen LogP contribution in [0.2, 0.25) is 0 Å². The van der Waals surface area contributed by atoms with Crippen molar-refractivity contribution in [1.82, 2.24) is 0 Å². The first-order chi connectivity index (χ1) is 12.8. The van der Waals surface area contributed by atoms with Gasteiger partial charge in [0.15, 0.2) is 13.1 Å². The van der Waals surface area contributed by atoms with Gasteiger partial charge in [0.05, 0.1) is 12.9 Å². The Morgan fingerprint density at radius 3 is 1.92 bits per heavy atom. The second-order valence-electron chi connectivity index (χ2n) is 6.79. The zero-order valence-corrected chi connectivity index (χ0v) is 17.7. The lowest BCUT2D eigenvalue weighted by Gasteiger charge is -2.17. The lowest BCUT2D eigenvalue weighted by molar-refractivity contribution is -0.145. The second kappa shape index (κ2) is 22.5. The Hall–Kier alpha value is -0.580. The molecule has 0 fully saturated rings. The third kappa shape index (κ3) is 19.7. The molecule has 0 saturated carbocycles. The van der Waals surface area contributed by atoms with E-state index in [1.54, 1.807) is 6.26 Å². The summed E-state index contributed by atoms with van der Waals surface area (Å²) in [7, 11) is 0. The van der Waals surface area contributed by atoms with Gasteiger partial charge < -0.3 is 18.9 Å². The van der Waals surface area contributed by atoms with Crippen molar-refractivity contribution in [2.45, 2.75) is 104 Å². The highest BCUT2D eigenvalue weighted by molar-refractivity contribution is 4.73. The van der Waals surface area contributed by atoms with Crippen LogP contribution < -0.4 is 0 Å². The van der Waals surface area contributed by atoms with Gasteiger partial charge in [-0.05, 0) is 31.8 Å². The van der Waals surface area contributed by atoms with E-state index in [2.05, 4.69) is 20.8 Å². The van der Waals surface area contributed by atoms with Gasteiger partial charge >= 0.3 is 0 Å². The zero-order valence-electron chi connectivity index (χ0n) is 17.7. The Labute approximate surface area is 162 Å². The van der Waals surface area contributed by atoms with Crippen molar-refractivity contribution in [3.8, 4) is 0 Å². The van der Waals surface area contributed by atoms with Gasteiger partial charge in [-0.2, -0.15) is 0 Å². The first kappa shape index (κ1) is 25.4. The number of rotatable bonds is 21. The minimum absolute atomic E-state index is 0.0993. The molecular weight excluding hydrogens is 328 g/mol. The maximum atomic E-state index is 5.69. The molecule has 0 aliphatic carbocycles. The molecule has 0 aromatic rings. The largest absolute Gasteiger partial charge is 0.475 e. The summed E-state index contributed by atoms with van der Waals surface area (Å²) in [5.41, 5.74) is 0. The van der Waals surface area contributed by atoms with Crippen LogP contribution in [0.1, 0.15) is 97.8 Å². The SMILES string of the molecule is CCCCCCCCCCOCOC=CCCC(OCCC)OCCC. The number of allylic oxidation sites excluding steroid dienone is 1. The monoisotopic (exact) mass is 372 g/mol. The Morgan fingerprint density at radius 1 is 0.692 bits per heavy atom. The molecule has 0 aliphatic rings. The fourth-order valence-electron chi connectivity index (χ4n) is 2.57. The van der Waals surface area contributed by atoms with Crippen molar-refractivity contribution in [2.75, 3.05) is 26.6 Å². The first-order valence-electron chi connectivity index (χ1n) is 10.9. The van der Waals surface area contributed by atoms with Crippen LogP contribution in [-0.4, -0.2) is 32.9 Å². The highest BCUT2D eigenvalue weighted by Crippen LogP contribution is 2.09. The van der Waals surface area contributed by atoms with E-state index in [0.717, 1.165) is 51.9 Å². The van der Waals surface area contributed by atoms with Gasteiger partial charge in [-0.1, -0.05) is 65.7 Å². The molecule has 0 amide bonds. The molecule has 0 atom stereocenters. The van der Waals surface area contributed by atoms with Crippen molar-refractivity contribution in [1.29, 1.82) is 0 Å². The molecule has 0 saturated heterocycles. The third-order valence-corrected chi connectivity index (χ3v) is 4.07. The summed E-state index contributed by atoms with van der Waals surface area (Å²) >= 11 is 0. The van der Waals surface area contributed by atoms with E-state index in [-0.39, 0.29) is 6.29 Å². The van der Waals surface area contributed by atoms with E-state index in [9.17, 15) is 0 Å². The lowest BCUT2D eigenvalue weighted by Crippen LogP contribution is -2.18. The molecule has 156 valence electrons. The number of hydrogen-bond donors (Lipinski definition) is 0. The summed E-state index contributed by atoms with van der Waals surface area (Å²) in [5, 5.41) is 0. The average molecular weight is 373 g/mol. The van der Waals surface area contributed by atoms with Crippen molar-refractivity contribution >= 4 is 0 Å². The third-order valence-electron chi connectivity index (χ3n) is 4.07. The molecule has 4 heteroatoms. The Morgan fingerprint density at radius 2 is 1.31 bits per heavy atom. The van der Waals surface area contributed by atoms with Crippen LogP contribution in [0.5, 0.6) is 0 Å². The van der Waals surface area contributed by atoms with Crippen LogP contribution in [-0.2, 0) is 18.9 Å². The molecular formula is C22H44O4. The molecule has 0 spiro atoms. The topological polar surface area (TPSA) is 36.9 Å². The molecule has 0 aromatic carbocycles. The van der Waals surface area contributed by atoms with Crippen molar-refractivity contribution in [3.05, 3.63) is 12.3 Å². The fraction of sp³-hybridized carbons (Fsp3) is 0.909. The maximum absolute atomic E-state index is 5.69. The van der Waals surface area contributed by atoms with Gasteiger partial charge in [-0.25, -0.2) is 0 Å². The predicted octanol–water partition coefficient (Wildman–Crippen LogP) is 6.59. The van der Waals surface area contributed by atoms with Crippen molar-refractivity contribution in [3.63, 3.8) is 0 Å². The number of hydrogen-bond acceptors (Lipinski definition) is 4. The Bertz CT molecular complexity index is 273. The summed E-state index contributed by atoms with van der Waals surface area (Å²) in [6.45, 7) is 9.11. The maximum Gasteiger partial charge on any atom is 0.188 e. The van der Waals surface area contributed by atoms with Gasteiger partial charge in [0.2, 0.25) is 0 Å². The quantitative estimate of drug-likeness (QED) is 0.129. The molecule has 0 rings (SSSR count). The lowest BCUT2D eigenvalue weighted by atomic mass is 10.1. The molecule has 0 unspecified atom stereocenters. The minimum atomic E-state index is -0.0993. The Balaban J connectivity index is 3.38. The van der Waals surface area contributed by atoms with E-state index in [1.807, 2.05) is 6.08 Å². The summed E-state index contributed by atoms with van der Waals surface area (Å²) in [6, 6.07) is 0. The van der Waals surface area contributed by atoms with Crippen LogP contribution in [0.15, 0.2) is 12.3 Å². The van der Waals surface area contributed by atoms with E-state index in [4.69, 9.17) is 18.9 Å². The molecule has 0 aliphatic heterocycles. The van der Waals surface area contributed by atoms with Crippen LogP contribution in [0.25, 0.3) is 0 Å². The minimum Gasteiger partial charge on any atom is -0.475 e. The zero-order chi connectivity index (χ0) is 19.1. The van der Waals surface area contributed by atoms with Gasteiger partial charge in [0.25, 0.3) is 0 Å². The normalized spacial score (nSPS) is 11.7. The fourth-order valence-corrected chi connectivity index (χ4v) is 2.57. The average Bonchev–Trinajstić information content (AvgIpc) is 2.66. The molecule has 4 nitrogen and oxygen atoms in total. The smallest absolute Gasteiger partial charge is 0.188 e. The first-order valence-corrected chi connectivity index (χ1v) is 10.9. The molecule has 0 aromatic heterocycles. The summed E-state index contributed by atoms with van der Waals surface area (Å²) in [6.07, 6.45) is 18.0.